The summed E-state index contributed by atoms with van der Waals surface area (Å²) in [4.78, 5) is 27.4. The molecule has 1 aromatic heterocycles. The summed E-state index contributed by atoms with van der Waals surface area (Å²) in [5.41, 5.74) is 5.38. The number of rotatable bonds is 3. The van der Waals surface area contributed by atoms with E-state index in [1.807, 2.05) is 26.0 Å². The normalized spacial score (nSPS) is 10.5. The van der Waals surface area contributed by atoms with Gasteiger partial charge in [-0.25, -0.2) is 5.43 Å². The zero-order valence-electron chi connectivity index (χ0n) is 12.3. The molecule has 112 valence electrons. The molecule has 2 rings (SSSR count). The van der Waals surface area contributed by atoms with Gasteiger partial charge in [-0.1, -0.05) is 18.2 Å². The summed E-state index contributed by atoms with van der Waals surface area (Å²) in [6.07, 6.45) is 4.63. The number of amides is 2. The third kappa shape index (κ3) is 4.24. The molecule has 1 aromatic carbocycles. The number of hydrazone groups is 1. The Labute approximate surface area is 128 Å². The van der Waals surface area contributed by atoms with Gasteiger partial charge in [0.1, 0.15) is 0 Å². The number of nitrogens with zero attached hydrogens (tertiary/aromatic N) is 2. The number of hydrogen-bond donors (Lipinski definition) is 2. The number of hydrogen-bond acceptors (Lipinski definition) is 4. The lowest BCUT2D eigenvalue weighted by Crippen LogP contribution is -2.32. The minimum absolute atomic E-state index is 0.608. The first-order valence-corrected chi connectivity index (χ1v) is 6.68. The average Bonchev–Trinajstić information content (AvgIpc) is 2.52. The maximum atomic E-state index is 11.8. The molecule has 0 atom stereocenters. The third-order valence-corrected chi connectivity index (χ3v) is 2.91. The highest BCUT2D eigenvalue weighted by Gasteiger charge is 2.13. The number of nitrogens with one attached hydrogen (secondary N) is 2. The Morgan fingerprint density at radius 2 is 2.00 bits per heavy atom. The lowest BCUT2D eigenvalue weighted by atomic mass is 10.1. The highest BCUT2D eigenvalue weighted by atomic mass is 16.2. The van der Waals surface area contributed by atoms with Crippen LogP contribution >= 0.6 is 0 Å². The molecule has 1 heterocycles. The van der Waals surface area contributed by atoms with Crippen LogP contribution in [-0.2, 0) is 9.59 Å². The third-order valence-electron chi connectivity index (χ3n) is 2.91. The van der Waals surface area contributed by atoms with Gasteiger partial charge in [0.15, 0.2) is 0 Å². The smallest absolute Gasteiger partial charge is 0.317 e. The predicted molar refractivity (Wildman–Crippen MR) is 84.5 cm³/mol. The molecule has 0 unspecified atom stereocenters. The first-order chi connectivity index (χ1) is 10.6. The van der Waals surface area contributed by atoms with Crippen LogP contribution in [0.5, 0.6) is 0 Å². The van der Waals surface area contributed by atoms with Crippen LogP contribution in [0.4, 0.5) is 5.69 Å². The summed E-state index contributed by atoms with van der Waals surface area (Å²) < 4.78 is 0. The second-order valence-electron chi connectivity index (χ2n) is 4.76. The van der Waals surface area contributed by atoms with E-state index in [-0.39, 0.29) is 0 Å². The molecule has 22 heavy (non-hydrogen) atoms. The minimum atomic E-state index is -0.832. The highest BCUT2D eigenvalue weighted by Crippen LogP contribution is 2.15. The molecule has 0 aliphatic rings. The molecule has 0 saturated carbocycles. The van der Waals surface area contributed by atoms with Crippen LogP contribution in [0.3, 0.4) is 0 Å². The Morgan fingerprint density at radius 3 is 2.73 bits per heavy atom. The molecule has 2 N–H and O–H groups in total. The van der Waals surface area contributed by atoms with Crippen LogP contribution in [0.15, 0.2) is 47.8 Å². The summed E-state index contributed by atoms with van der Waals surface area (Å²) in [6, 6.07) is 9.14. The summed E-state index contributed by atoms with van der Waals surface area (Å²) in [6.45, 7) is 3.76. The number of aromatic nitrogens is 1. The molecule has 2 aromatic rings. The first kappa shape index (κ1) is 15.4. The van der Waals surface area contributed by atoms with Crippen molar-refractivity contribution in [1.82, 2.24) is 10.4 Å². The fourth-order valence-electron chi connectivity index (χ4n) is 1.72. The van der Waals surface area contributed by atoms with Gasteiger partial charge in [0.05, 0.1) is 6.21 Å². The maximum absolute atomic E-state index is 11.8. The Morgan fingerprint density at radius 1 is 1.18 bits per heavy atom. The Kier molecular flexibility index (Phi) is 4.98. The van der Waals surface area contributed by atoms with Crippen LogP contribution in [0.1, 0.15) is 16.7 Å². The minimum Gasteiger partial charge on any atom is -0.317 e. The molecule has 0 radical (unpaired) electrons. The molecule has 2 amide bonds. The van der Waals surface area contributed by atoms with Crippen molar-refractivity contribution in [2.75, 3.05) is 5.32 Å². The van der Waals surface area contributed by atoms with E-state index in [1.54, 1.807) is 30.6 Å². The number of pyridine rings is 1. The van der Waals surface area contributed by atoms with Crippen molar-refractivity contribution in [3.8, 4) is 0 Å². The molecule has 0 aliphatic carbocycles. The van der Waals surface area contributed by atoms with Gasteiger partial charge in [-0.3, -0.25) is 14.6 Å². The molecular weight excluding hydrogens is 280 g/mol. The lowest BCUT2D eigenvalue weighted by Gasteiger charge is -2.08. The van der Waals surface area contributed by atoms with E-state index in [0.717, 1.165) is 16.7 Å². The molecule has 0 saturated heterocycles. The van der Waals surface area contributed by atoms with Crippen LogP contribution in [0.25, 0.3) is 0 Å². The second-order valence-corrected chi connectivity index (χ2v) is 4.76. The zero-order valence-corrected chi connectivity index (χ0v) is 12.3. The molecule has 0 spiro atoms. The van der Waals surface area contributed by atoms with Gasteiger partial charge in [0.25, 0.3) is 0 Å². The fourth-order valence-corrected chi connectivity index (χ4v) is 1.72. The monoisotopic (exact) mass is 296 g/mol. The molecule has 6 nitrogen and oxygen atoms in total. The van der Waals surface area contributed by atoms with Crippen molar-refractivity contribution < 1.29 is 9.59 Å². The van der Waals surface area contributed by atoms with Crippen LogP contribution < -0.4 is 10.7 Å². The largest absolute Gasteiger partial charge is 0.329 e. The summed E-state index contributed by atoms with van der Waals surface area (Å²) in [5, 5.41) is 6.28. The van der Waals surface area contributed by atoms with Gasteiger partial charge in [-0.05, 0) is 37.1 Å². The van der Waals surface area contributed by atoms with Crippen molar-refractivity contribution in [3.05, 3.63) is 59.4 Å². The molecule has 0 aliphatic heterocycles. The second kappa shape index (κ2) is 7.12. The summed E-state index contributed by atoms with van der Waals surface area (Å²) >= 11 is 0. The first-order valence-electron chi connectivity index (χ1n) is 6.68. The molecule has 0 fully saturated rings. The number of aryl methyl sites for hydroxylation is 2. The van der Waals surface area contributed by atoms with E-state index in [4.69, 9.17) is 0 Å². The molecule has 0 bridgehead atoms. The SMILES string of the molecule is Cc1ccc(C)c(NC(=O)C(=O)N/N=C/c2cccnc2)c1. The van der Waals surface area contributed by atoms with E-state index in [2.05, 4.69) is 20.8 Å². The zero-order chi connectivity index (χ0) is 15.9. The van der Waals surface area contributed by atoms with Gasteiger partial charge < -0.3 is 5.32 Å². The van der Waals surface area contributed by atoms with Gasteiger partial charge in [-0.15, -0.1) is 0 Å². The number of anilines is 1. The van der Waals surface area contributed by atoms with Crippen molar-refractivity contribution in [2.24, 2.45) is 5.10 Å². The van der Waals surface area contributed by atoms with E-state index in [1.165, 1.54) is 6.21 Å². The lowest BCUT2D eigenvalue weighted by molar-refractivity contribution is -0.136. The fraction of sp³-hybridized carbons (Fsp3) is 0.125. The quantitative estimate of drug-likeness (QED) is 0.514. The number of carbonyl (C=O) groups is 2. The molecule has 6 heteroatoms. The maximum Gasteiger partial charge on any atom is 0.329 e. The summed E-state index contributed by atoms with van der Waals surface area (Å²) in [5.74, 6) is -1.60. The van der Waals surface area contributed by atoms with E-state index in [9.17, 15) is 9.59 Å². The Hall–Kier alpha value is -3.02. The van der Waals surface area contributed by atoms with Crippen molar-refractivity contribution >= 4 is 23.7 Å². The van der Waals surface area contributed by atoms with Gasteiger partial charge in [0, 0.05) is 23.6 Å². The van der Waals surface area contributed by atoms with E-state index in [0.29, 0.717) is 5.69 Å². The number of carbonyl (C=O) groups excluding carboxylic acids is 2. The van der Waals surface area contributed by atoms with E-state index < -0.39 is 11.8 Å². The molecular formula is C16H16N4O2. The topological polar surface area (TPSA) is 83.5 Å². The van der Waals surface area contributed by atoms with Crippen molar-refractivity contribution in [2.45, 2.75) is 13.8 Å². The van der Waals surface area contributed by atoms with Crippen molar-refractivity contribution in [1.29, 1.82) is 0 Å². The van der Waals surface area contributed by atoms with Crippen molar-refractivity contribution in [3.63, 3.8) is 0 Å². The standard InChI is InChI=1S/C16H16N4O2/c1-11-5-6-12(2)14(8-11)19-15(21)16(22)20-18-10-13-4-3-7-17-9-13/h3-10H,1-2H3,(H,19,21)(H,20,22)/b18-10+. The Bertz CT molecular complexity index is 711. The van der Waals surface area contributed by atoms with Gasteiger partial charge in [0.2, 0.25) is 0 Å². The Balaban J connectivity index is 1.94. The summed E-state index contributed by atoms with van der Waals surface area (Å²) in [7, 11) is 0. The van der Waals surface area contributed by atoms with Gasteiger partial charge >= 0.3 is 11.8 Å². The predicted octanol–water partition coefficient (Wildman–Crippen LogP) is 1.79. The van der Waals surface area contributed by atoms with Crippen LogP contribution in [0, 0.1) is 13.8 Å². The van der Waals surface area contributed by atoms with Gasteiger partial charge in [-0.2, -0.15) is 5.10 Å². The average molecular weight is 296 g/mol. The highest BCUT2D eigenvalue weighted by molar-refractivity contribution is 6.39. The number of benzene rings is 1. The van der Waals surface area contributed by atoms with Crippen LogP contribution in [-0.4, -0.2) is 23.0 Å². The van der Waals surface area contributed by atoms with Crippen LogP contribution in [0.2, 0.25) is 0 Å². The van der Waals surface area contributed by atoms with E-state index >= 15 is 0 Å².